The topological polar surface area (TPSA) is 0 Å². The van der Waals surface area contributed by atoms with Crippen LogP contribution in [0.5, 0.6) is 0 Å². The zero-order chi connectivity index (χ0) is 21.5. The summed E-state index contributed by atoms with van der Waals surface area (Å²) < 4.78 is 1.33. The molecule has 0 aromatic heterocycles. The Bertz CT molecular complexity index is 293. The highest BCUT2D eigenvalue weighted by molar-refractivity contribution is 4.51. The second kappa shape index (κ2) is 25.5. The van der Waals surface area contributed by atoms with Crippen molar-refractivity contribution >= 4 is 0 Å². The van der Waals surface area contributed by atoms with Crippen LogP contribution in [-0.4, -0.2) is 30.7 Å². The molecule has 0 spiro atoms. The predicted molar refractivity (Wildman–Crippen MR) is 135 cm³/mol. The molecule has 0 heterocycles. The number of hydrogen-bond acceptors (Lipinski definition) is 0. The van der Waals surface area contributed by atoms with Gasteiger partial charge in [-0.2, -0.15) is 0 Å². The fourth-order valence-corrected chi connectivity index (χ4v) is 4.85. The third-order valence-corrected chi connectivity index (χ3v) is 7.50. The molecule has 0 aliphatic heterocycles. The Morgan fingerprint density at radius 2 is 0.567 bits per heavy atom. The van der Waals surface area contributed by atoms with Gasteiger partial charge in [0.05, 0.1) is 26.2 Å². The van der Waals surface area contributed by atoms with Gasteiger partial charge < -0.3 is 16.9 Å². The molecular weight excluding hydrogens is 386 g/mol. The summed E-state index contributed by atoms with van der Waals surface area (Å²) in [4.78, 5) is 0. The highest BCUT2D eigenvalue weighted by Gasteiger charge is 2.19. The zero-order valence-electron chi connectivity index (χ0n) is 21.8. The molecule has 0 aromatic carbocycles. The number of unbranched alkanes of at least 4 members (excludes halogenated alkanes) is 19. The molecule has 0 aliphatic carbocycles. The summed E-state index contributed by atoms with van der Waals surface area (Å²) >= 11 is 0. The van der Waals surface area contributed by atoms with Gasteiger partial charge in [-0.05, 0) is 33.6 Å². The summed E-state index contributed by atoms with van der Waals surface area (Å²) in [5, 5.41) is 0. The normalized spacial score (nSPS) is 11.6. The number of nitrogens with zero attached hydrogens (tertiary/aromatic N) is 1. The van der Waals surface area contributed by atoms with Crippen molar-refractivity contribution in [1.82, 2.24) is 0 Å². The maximum absolute atomic E-state index is 2.36. The van der Waals surface area contributed by atoms with Gasteiger partial charge >= 0.3 is 0 Å². The van der Waals surface area contributed by atoms with E-state index in [0.717, 1.165) is 0 Å². The fourth-order valence-electron chi connectivity index (χ4n) is 4.85. The van der Waals surface area contributed by atoms with Crippen molar-refractivity contribution in [1.29, 1.82) is 0 Å². The predicted octanol–water partition coefficient (Wildman–Crippen LogP) is 6.69. The van der Waals surface area contributed by atoms with E-state index in [-0.39, 0.29) is 12.4 Å². The first-order valence-corrected chi connectivity index (χ1v) is 14.1. The number of quaternary nitrogens is 1. The van der Waals surface area contributed by atoms with E-state index in [0.29, 0.717) is 0 Å². The number of rotatable bonds is 24. The van der Waals surface area contributed by atoms with Gasteiger partial charge in [-0.25, -0.2) is 0 Å². The van der Waals surface area contributed by atoms with E-state index in [4.69, 9.17) is 0 Å². The molecule has 0 saturated heterocycles. The van der Waals surface area contributed by atoms with Crippen LogP contribution in [0.4, 0.5) is 0 Å². The van der Waals surface area contributed by atoms with E-state index in [1.165, 1.54) is 159 Å². The lowest BCUT2D eigenvalue weighted by molar-refractivity contribution is -0.923. The first kappa shape index (κ1) is 32.4. The van der Waals surface area contributed by atoms with Gasteiger partial charge in [0.2, 0.25) is 0 Å². The Morgan fingerprint density at radius 3 is 0.800 bits per heavy atom. The summed E-state index contributed by atoms with van der Waals surface area (Å²) in [5.74, 6) is 0. The van der Waals surface area contributed by atoms with E-state index in [2.05, 4.69) is 27.7 Å². The van der Waals surface area contributed by atoms with Gasteiger partial charge in [0.15, 0.2) is 0 Å². The molecule has 0 bridgehead atoms. The minimum atomic E-state index is 0. The van der Waals surface area contributed by atoms with E-state index in [9.17, 15) is 0 Å². The van der Waals surface area contributed by atoms with E-state index >= 15 is 0 Å². The maximum Gasteiger partial charge on any atom is 0.0786 e. The summed E-state index contributed by atoms with van der Waals surface area (Å²) in [5.41, 5.74) is 0. The van der Waals surface area contributed by atoms with Crippen LogP contribution in [0.15, 0.2) is 0 Å². The van der Waals surface area contributed by atoms with E-state index < -0.39 is 0 Å². The van der Waals surface area contributed by atoms with Crippen LogP contribution in [0.2, 0.25) is 0 Å². The molecule has 0 saturated carbocycles. The van der Waals surface area contributed by atoms with Crippen LogP contribution < -0.4 is 12.4 Å². The molecule has 0 aromatic rings. The third-order valence-electron chi connectivity index (χ3n) is 7.50. The van der Waals surface area contributed by atoms with Crippen molar-refractivity contribution in [2.45, 2.75) is 156 Å². The lowest BCUT2D eigenvalue weighted by atomic mass is 10.0. The third kappa shape index (κ3) is 20.2. The Hall–Kier alpha value is 0.250. The van der Waals surface area contributed by atoms with Crippen molar-refractivity contribution in [2.24, 2.45) is 0 Å². The van der Waals surface area contributed by atoms with E-state index in [1.807, 2.05) is 0 Å². The Morgan fingerprint density at radius 1 is 0.333 bits per heavy atom. The molecule has 2 heteroatoms. The molecule has 0 fully saturated rings. The SMILES string of the molecule is CCCCCCCCCCCCCCCCCCCCCC[N+](CC)(CC)CC.[Cl-]. The maximum atomic E-state index is 2.36. The molecule has 0 unspecified atom stereocenters. The highest BCUT2D eigenvalue weighted by atomic mass is 35.5. The monoisotopic (exact) mass is 445 g/mol. The van der Waals surface area contributed by atoms with Crippen molar-refractivity contribution in [3.8, 4) is 0 Å². The van der Waals surface area contributed by atoms with Crippen LogP contribution in [-0.2, 0) is 0 Å². The molecular formula is C28H60ClN. The highest BCUT2D eigenvalue weighted by Crippen LogP contribution is 2.15. The first-order valence-electron chi connectivity index (χ1n) is 14.1. The molecule has 0 radical (unpaired) electrons. The summed E-state index contributed by atoms with van der Waals surface area (Å²) in [6, 6.07) is 0. The average molecular weight is 446 g/mol. The van der Waals surface area contributed by atoms with Gasteiger partial charge in [-0.15, -0.1) is 0 Å². The zero-order valence-corrected chi connectivity index (χ0v) is 22.6. The first-order chi connectivity index (χ1) is 14.2. The molecule has 0 N–H and O–H groups in total. The van der Waals surface area contributed by atoms with Gasteiger partial charge in [0, 0.05) is 0 Å². The fraction of sp³-hybridized carbons (Fsp3) is 1.00. The minimum absolute atomic E-state index is 0. The van der Waals surface area contributed by atoms with Crippen LogP contribution in [0, 0.1) is 0 Å². The van der Waals surface area contributed by atoms with Crippen molar-refractivity contribution < 1.29 is 16.9 Å². The van der Waals surface area contributed by atoms with Crippen LogP contribution in [0.25, 0.3) is 0 Å². The molecule has 0 atom stereocenters. The standard InChI is InChI=1S/C28H60N.ClH/c1-5-9-10-11-12-13-14-15-16-17-18-19-20-21-22-23-24-25-26-27-28-29(6-2,7-3)8-4;/h5-28H2,1-4H3;1H/q+1;/p-1. The number of hydrogen-bond donors (Lipinski definition) is 0. The van der Waals surface area contributed by atoms with Crippen molar-refractivity contribution in [3.05, 3.63) is 0 Å². The van der Waals surface area contributed by atoms with Gasteiger partial charge in [-0.3, -0.25) is 0 Å². The summed E-state index contributed by atoms with van der Waals surface area (Å²) in [7, 11) is 0. The molecule has 0 amide bonds. The minimum Gasteiger partial charge on any atom is -1.00 e. The summed E-state index contributed by atoms with van der Waals surface area (Å²) in [6.07, 6.45) is 29.4. The second-order valence-electron chi connectivity index (χ2n) is 9.73. The van der Waals surface area contributed by atoms with Crippen LogP contribution in [0.1, 0.15) is 156 Å². The molecule has 1 nitrogen and oxygen atoms in total. The Kier molecular flexibility index (Phi) is 27.6. The molecule has 184 valence electrons. The van der Waals surface area contributed by atoms with E-state index in [1.54, 1.807) is 0 Å². The quantitative estimate of drug-likeness (QED) is 0.115. The molecule has 30 heavy (non-hydrogen) atoms. The molecule has 0 aliphatic rings. The van der Waals surface area contributed by atoms with Gasteiger partial charge in [0.1, 0.15) is 0 Å². The Balaban J connectivity index is 0. The largest absolute Gasteiger partial charge is 1.00 e. The van der Waals surface area contributed by atoms with Gasteiger partial charge in [-0.1, -0.05) is 122 Å². The lowest BCUT2D eigenvalue weighted by Gasteiger charge is -2.35. The van der Waals surface area contributed by atoms with Crippen LogP contribution in [0.3, 0.4) is 0 Å². The number of halogens is 1. The van der Waals surface area contributed by atoms with Crippen LogP contribution >= 0.6 is 0 Å². The summed E-state index contributed by atoms with van der Waals surface area (Å²) in [6.45, 7) is 14.7. The second-order valence-corrected chi connectivity index (χ2v) is 9.73. The van der Waals surface area contributed by atoms with Crippen molar-refractivity contribution in [2.75, 3.05) is 26.2 Å². The smallest absolute Gasteiger partial charge is 0.0786 e. The Labute approximate surface area is 199 Å². The van der Waals surface area contributed by atoms with Gasteiger partial charge in [0.25, 0.3) is 0 Å². The van der Waals surface area contributed by atoms with Crippen molar-refractivity contribution in [3.63, 3.8) is 0 Å². The average Bonchev–Trinajstić information content (AvgIpc) is 2.75. The molecule has 0 rings (SSSR count). The lowest BCUT2D eigenvalue weighted by Crippen LogP contribution is -3.00.